The predicted octanol–water partition coefficient (Wildman–Crippen LogP) is 10.9. The molecule has 2 atom stereocenters. The Morgan fingerprint density at radius 3 is 1.92 bits per heavy atom. The van der Waals surface area contributed by atoms with Crippen LogP contribution in [0, 0.1) is 12.7 Å². The molecule has 75 heavy (non-hydrogen) atoms. The molecule has 0 saturated carbocycles. The summed E-state index contributed by atoms with van der Waals surface area (Å²) in [6.07, 6.45) is -3.04. The van der Waals surface area contributed by atoms with Crippen LogP contribution in [-0.2, 0) is 23.8 Å². The number of ether oxygens (including phenoxy) is 5. The average molecular weight is 1040 g/mol. The molecule has 3 heterocycles. The van der Waals surface area contributed by atoms with Crippen molar-refractivity contribution in [2.24, 2.45) is 0 Å². The summed E-state index contributed by atoms with van der Waals surface area (Å²) in [5.74, 6) is -1.81. The van der Waals surface area contributed by atoms with Crippen LogP contribution in [-0.4, -0.2) is 127 Å². The quantitative estimate of drug-likeness (QED) is 0.0502. The van der Waals surface area contributed by atoms with Crippen molar-refractivity contribution in [1.82, 2.24) is 24.1 Å². The Morgan fingerprint density at radius 2 is 1.39 bits per heavy atom. The summed E-state index contributed by atoms with van der Waals surface area (Å²) in [6, 6.07) is 14.1. The van der Waals surface area contributed by atoms with E-state index in [4.69, 9.17) is 28.5 Å². The standard InChI is InChI=1S/C54H68FN7O13/c1-32-24-36(71-43-19-17-16-18-38(43)55)20-21-39(32)62-46(61(49(68)73-52(7,8)9)50(69)74-53(10,11)12)37(28-56-62)45(64)42-25-35-26-44(41(27-40(35)60(42)47(65)66)58(31-63)75-54(13,14)15)70-23-22-57-29-33(2)59(34(3)30-57)48(67)72-51(4,5)6/h16-21,24-28,31,33-34H,22-23,29-30H2,1-15H3,(H,65,66). The maximum absolute atomic E-state index is 15.3. The van der Waals surface area contributed by atoms with E-state index in [0.29, 0.717) is 41.1 Å². The highest BCUT2D eigenvalue weighted by atomic mass is 19.1. The molecule has 2 unspecified atom stereocenters. The zero-order valence-electron chi connectivity index (χ0n) is 45.3. The number of hydrogen-bond acceptors (Lipinski definition) is 14. The SMILES string of the molecule is Cc1cc(Oc2ccccc2F)ccc1-n1ncc(C(=O)c2cc3cc(OCCN4CC(C)N(C(=O)OC(C)(C)C)C(C)C4)c(N(C=O)OC(C)(C)C)cc3n2C(=O)O)c1N(C(=O)OC(C)(C)C)C(=O)OC(C)(C)C. The van der Waals surface area contributed by atoms with Crippen LogP contribution in [0.2, 0.25) is 0 Å². The first-order valence-electron chi connectivity index (χ1n) is 24.4. The first-order chi connectivity index (χ1) is 34.8. The number of nitrogens with zero attached hydrogens (tertiary/aromatic N) is 7. The van der Waals surface area contributed by atoms with Gasteiger partial charge in [-0.15, -0.1) is 0 Å². The molecule has 20 nitrogen and oxygen atoms in total. The van der Waals surface area contributed by atoms with Crippen molar-refractivity contribution >= 4 is 59.0 Å². The molecule has 404 valence electrons. The number of rotatable bonds is 13. The van der Waals surface area contributed by atoms with Crippen molar-refractivity contribution in [2.75, 3.05) is 36.2 Å². The van der Waals surface area contributed by atoms with E-state index in [0.717, 1.165) is 15.9 Å². The lowest BCUT2D eigenvalue weighted by atomic mass is 10.1. The predicted molar refractivity (Wildman–Crippen MR) is 277 cm³/mol. The highest BCUT2D eigenvalue weighted by molar-refractivity contribution is 6.19. The van der Waals surface area contributed by atoms with E-state index in [1.165, 1.54) is 48.5 Å². The number of fused-ring (bicyclic) bond motifs is 1. The van der Waals surface area contributed by atoms with Crippen LogP contribution >= 0.6 is 0 Å². The van der Waals surface area contributed by atoms with Crippen LogP contribution < -0.4 is 19.4 Å². The Morgan fingerprint density at radius 1 is 0.787 bits per heavy atom. The smallest absolute Gasteiger partial charge is 0.425 e. The van der Waals surface area contributed by atoms with Gasteiger partial charge in [0, 0.05) is 37.1 Å². The van der Waals surface area contributed by atoms with Crippen molar-refractivity contribution in [1.29, 1.82) is 0 Å². The van der Waals surface area contributed by atoms with E-state index in [2.05, 4.69) is 10.00 Å². The lowest BCUT2D eigenvalue weighted by Gasteiger charge is -2.44. The number of hydrogen-bond donors (Lipinski definition) is 1. The van der Waals surface area contributed by atoms with Gasteiger partial charge >= 0.3 is 24.4 Å². The van der Waals surface area contributed by atoms with Gasteiger partial charge in [0.05, 0.1) is 28.6 Å². The number of carbonyl (C=O) groups is 6. The number of halogens is 1. The van der Waals surface area contributed by atoms with Gasteiger partial charge in [-0.25, -0.2) is 32.8 Å². The number of ketones is 1. The molecule has 4 amide bonds. The van der Waals surface area contributed by atoms with Crippen LogP contribution in [0.1, 0.15) is 119 Å². The van der Waals surface area contributed by atoms with Gasteiger partial charge < -0.3 is 33.7 Å². The number of anilines is 2. The van der Waals surface area contributed by atoms with E-state index in [9.17, 15) is 33.5 Å². The molecule has 2 aromatic heterocycles. The second-order valence-corrected chi connectivity index (χ2v) is 22.3. The van der Waals surface area contributed by atoms with E-state index >= 15 is 4.79 Å². The van der Waals surface area contributed by atoms with Crippen molar-refractivity contribution in [3.05, 3.63) is 89.5 Å². The third-order valence-electron chi connectivity index (χ3n) is 11.1. The minimum Gasteiger partial charge on any atom is -0.490 e. The molecule has 1 aliphatic rings. The molecular weight excluding hydrogens is 974 g/mol. The molecule has 0 radical (unpaired) electrons. The number of carbonyl (C=O) groups excluding carboxylic acids is 5. The summed E-state index contributed by atoms with van der Waals surface area (Å²) in [4.78, 5) is 93.7. The van der Waals surface area contributed by atoms with Crippen LogP contribution in [0.4, 0.5) is 35.1 Å². The van der Waals surface area contributed by atoms with Gasteiger partial charge in [0.1, 0.15) is 46.3 Å². The maximum Gasteiger partial charge on any atom is 0.425 e. The maximum atomic E-state index is 15.3. The molecule has 0 bridgehead atoms. The van der Waals surface area contributed by atoms with Gasteiger partial charge in [-0.2, -0.15) is 15.1 Å². The Labute approximate surface area is 435 Å². The zero-order valence-corrected chi connectivity index (χ0v) is 45.3. The monoisotopic (exact) mass is 1040 g/mol. The molecule has 5 aromatic rings. The number of aromatic nitrogens is 3. The summed E-state index contributed by atoms with van der Waals surface area (Å²) in [5, 5.41) is 16.5. The molecule has 0 aliphatic carbocycles. The highest BCUT2D eigenvalue weighted by Gasteiger charge is 2.40. The van der Waals surface area contributed by atoms with Crippen LogP contribution in [0.25, 0.3) is 16.6 Å². The van der Waals surface area contributed by atoms with Crippen LogP contribution in [0.5, 0.6) is 17.2 Å². The van der Waals surface area contributed by atoms with Crippen LogP contribution in [0.3, 0.4) is 0 Å². The molecule has 1 N–H and O–H groups in total. The van der Waals surface area contributed by atoms with Crippen LogP contribution in [0.15, 0.2) is 66.9 Å². The first-order valence-corrected chi connectivity index (χ1v) is 24.4. The number of para-hydroxylation sites is 1. The van der Waals surface area contributed by atoms with Gasteiger partial charge in [0.2, 0.25) is 12.2 Å². The van der Waals surface area contributed by atoms with Crippen molar-refractivity contribution in [2.45, 2.75) is 138 Å². The number of benzene rings is 3. The summed E-state index contributed by atoms with van der Waals surface area (Å²) in [5.41, 5.74) is -4.26. The van der Waals surface area contributed by atoms with Crippen molar-refractivity contribution in [3.63, 3.8) is 0 Å². The fraction of sp³-hybridized carbons (Fsp3) is 0.463. The van der Waals surface area contributed by atoms with Gasteiger partial charge in [0.25, 0.3) is 0 Å². The van der Waals surface area contributed by atoms with E-state index in [1.807, 2.05) is 34.6 Å². The Balaban J connectivity index is 1.47. The topological polar surface area (TPSA) is 214 Å². The van der Waals surface area contributed by atoms with Gasteiger partial charge in [0.15, 0.2) is 17.4 Å². The third-order valence-corrected chi connectivity index (χ3v) is 11.1. The normalized spacial score (nSPS) is 15.5. The lowest BCUT2D eigenvalue weighted by molar-refractivity contribution is -0.120. The molecule has 0 spiro atoms. The largest absolute Gasteiger partial charge is 0.490 e. The van der Waals surface area contributed by atoms with E-state index in [1.54, 1.807) is 86.3 Å². The lowest BCUT2D eigenvalue weighted by Crippen LogP contribution is -2.59. The molecule has 1 aliphatic heterocycles. The summed E-state index contributed by atoms with van der Waals surface area (Å²) >= 11 is 0. The summed E-state index contributed by atoms with van der Waals surface area (Å²) in [6.45, 7) is 27.0. The fourth-order valence-corrected chi connectivity index (χ4v) is 8.36. The molecule has 1 saturated heterocycles. The number of carboxylic acid groups (broad SMARTS) is 1. The fourth-order valence-electron chi connectivity index (χ4n) is 8.36. The Kier molecular flexibility index (Phi) is 16.5. The van der Waals surface area contributed by atoms with E-state index in [-0.39, 0.29) is 58.2 Å². The van der Waals surface area contributed by atoms with E-state index < -0.39 is 75.5 Å². The molecule has 1 fully saturated rings. The molecule has 3 aromatic carbocycles. The molecular formula is C54H68FN7O13. The number of imide groups is 1. The van der Waals surface area contributed by atoms with Gasteiger partial charge in [-0.1, -0.05) is 12.1 Å². The Hall–Kier alpha value is -7.52. The second kappa shape index (κ2) is 21.7. The number of amides is 4. The third kappa shape index (κ3) is 13.8. The van der Waals surface area contributed by atoms with Gasteiger partial charge in [-0.3, -0.25) is 19.3 Å². The van der Waals surface area contributed by atoms with Crippen molar-refractivity contribution < 1.29 is 66.8 Å². The number of piperazine rings is 1. The molecule has 21 heteroatoms. The second-order valence-electron chi connectivity index (χ2n) is 22.3. The minimum atomic E-state index is -1.61. The Bertz CT molecular complexity index is 2940. The highest BCUT2D eigenvalue weighted by Crippen LogP contribution is 2.39. The zero-order chi connectivity index (χ0) is 55.7. The minimum absolute atomic E-state index is 0.0101. The van der Waals surface area contributed by atoms with Gasteiger partial charge in [-0.05, 0) is 158 Å². The molecule has 6 rings (SSSR count). The first kappa shape index (κ1) is 56.8. The number of aryl methyl sites for hydroxylation is 1. The van der Waals surface area contributed by atoms with Crippen molar-refractivity contribution in [3.8, 4) is 22.9 Å². The average Bonchev–Trinajstić information content (AvgIpc) is 3.85. The summed E-state index contributed by atoms with van der Waals surface area (Å²) in [7, 11) is 0. The summed E-state index contributed by atoms with van der Waals surface area (Å²) < 4.78 is 45.8. The number of hydroxylamine groups is 1.